The number of anilines is 1. The van der Waals surface area contributed by atoms with E-state index < -0.39 is 0 Å². The maximum Gasteiger partial charge on any atom is 0.0398 e. The molecule has 0 radical (unpaired) electrons. The summed E-state index contributed by atoms with van der Waals surface area (Å²) in [4.78, 5) is 2.35. The number of nitrogens with zero attached hydrogens (tertiary/aromatic N) is 1. The average Bonchev–Trinajstić information content (AvgIpc) is 2.33. The van der Waals surface area contributed by atoms with Crippen LogP contribution in [-0.2, 0) is 0 Å². The van der Waals surface area contributed by atoms with E-state index in [1.165, 1.54) is 16.8 Å². The molecule has 1 rings (SSSR count). The fraction of sp³-hybridized carbons (Fsp3) is 0.467. The Morgan fingerprint density at radius 1 is 1.35 bits per heavy atom. The van der Waals surface area contributed by atoms with Gasteiger partial charge in [0.05, 0.1) is 0 Å². The zero-order valence-electron chi connectivity index (χ0n) is 11.3. The number of aryl methyl sites for hydroxylation is 1. The molecule has 1 aromatic rings. The summed E-state index contributed by atoms with van der Waals surface area (Å²) in [5.41, 5.74) is 3.82. The van der Waals surface area contributed by atoms with Gasteiger partial charge in [-0.05, 0) is 43.7 Å². The fourth-order valence-electron chi connectivity index (χ4n) is 1.84. The molecule has 2 heteroatoms. The molecule has 17 heavy (non-hydrogen) atoms. The molecule has 0 atom stereocenters. The zero-order valence-corrected chi connectivity index (χ0v) is 11.3. The van der Waals surface area contributed by atoms with Crippen LogP contribution >= 0.6 is 0 Å². The van der Waals surface area contributed by atoms with E-state index in [-0.39, 0.29) is 0 Å². The number of likely N-dealkylation sites (N-methyl/N-ethyl adjacent to an activating group) is 2. The Balaban J connectivity index is 2.62. The van der Waals surface area contributed by atoms with Gasteiger partial charge in [-0.1, -0.05) is 25.6 Å². The zero-order chi connectivity index (χ0) is 12.7. The average molecular weight is 232 g/mol. The third-order valence-corrected chi connectivity index (χ3v) is 2.79. The highest BCUT2D eigenvalue weighted by Crippen LogP contribution is 2.16. The lowest BCUT2D eigenvalue weighted by Crippen LogP contribution is -2.28. The molecule has 1 aromatic carbocycles. The van der Waals surface area contributed by atoms with Crippen molar-refractivity contribution in [1.82, 2.24) is 5.32 Å². The van der Waals surface area contributed by atoms with Gasteiger partial charge in [0.15, 0.2) is 0 Å². The molecule has 0 aliphatic heterocycles. The number of hydrogen-bond acceptors (Lipinski definition) is 2. The van der Waals surface area contributed by atoms with Gasteiger partial charge in [-0.2, -0.15) is 0 Å². The number of hydrogen-bond donors (Lipinski definition) is 1. The molecule has 0 saturated carbocycles. The van der Waals surface area contributed by atoms with Crippen LogP contribution < -0.4 is 10.2 Å². The van der Waals surface area contributed by atoms with E-state index in [0.717, 1.165) is 26.2 Å². The first kappa shape index (κ1) is 13.8. The minimum atomic E-state index is 0.902. The maximum atomic E-state index is 4.12. The topological polar surface area (TPSA) is 15.3 Å². The summed E-state index contributed by atoms with van der Waals surface area (Å²) in [6.45, 7) is 14.4. The Labute approximate surface area is 105 Å². The first-order valence-electron chi connectivity index (χ1n) is 6.36. The molecule has 0 bridgehead atoms. The van der Waals surface area contributed by atoms with Crippen molar-refractivity contribution >= 4 is 5.69 Å². The summed E-state index contributed by atoms with van der Waals surface area (Å²) < 4.78 is 0. The van der Waals surface area contributed by atoms with Gasteiger partial charge in [-0.3, -0.25) is 0 Å². The summed E-state index contributed by atoms with van der Waals surface area (Å²) in [6, 6.07) is 8.63. The standard InChI is InChI=1S/C15H24N2/c1-5-16-11-14(4)12-17(6-2)15-9-7-8-13(3)10-15/h7-10,16H,4-6,11-12H2,1-3H3. The van der Waals surface area contributed by atoms with Crippen LogP contribution in [0.1, 0.15) is 19.4 Å². The van der Waals surface area contributed by atoms with Crippen LogP contribution in [0.3, 0.4) is 0 Å². The van der Waals surface area contributed by atoms with Gasteiger partial charge in [0, 0.05) is 25.3 Å². The smallest absolute Gasteiger partial charge is 0.0398 e. The lowest BCUT2D eigenvalue weighted by molar-refractivity contribution is 0.750. The second kappa shape index (κ2) is 7.13. The molecule has 0 unspecified atom stereocenters. The van der Waals surface area contributed by atoms with E-state index in [1.807, 2.05) is 0 Å². The Morgan fingerprint density at radius 2 is 2.12 bits per heavy atom. The van der Waals surface area contributed by atoms with Crippen molar-refractivity contribution < 1.29 is 0 Å². The lowest BCUT2D eigenvalue weighted by atomic mass is 10.2. The molecule has 0 heterocycles. The van der Waals surface area contributed by atoms with Crippen LogP contribution in [0.4, 0.5) is 5.69 Å². The first-order valence-corrected chi connectivity index (χ1v) is 6.36. The van der Waals surface area contributed by atoms with E-state index in [9.17, 15) is 0 Å². The van der Waals surface area contributed by atoms with Crippen molar-refractivity contribution in [3.63, 3.8) is 0 Å². The predicted molar refractivity (Wildman–Crippen MR) is 76.7 cm³/mol. The van der Waals surface area contributed by atoms with Gasteiger partial charge in [0.25, 0.3) is 0 Å². The fourth-order valence-corrected chi connectivity index (χ4v) is 1.84. The van der Waals surface area contributed by atoms with Crippen LogP contribution in [0.2, 0.25) is 0 Å². The van der Waals surface area contributed by atoms with Crippen LogP contribution in [0.15, 0.2) is 36.4 Å². The maximum absolute atomic E-state index is 4.12. The summed E-state index contributed by atoms with van der Waals surface area (Å²) in [6.07, 6.45) is 0. The van der Waals surface area contributed by atoms with Crippen LogP contribution in [0, 0.1) is 6.92 Å². The highest BCUT2D eigenvalue weighted by atomic mass is 15.1. The SMILES string of the molecule is C=C(CNCC)CN(CC)c1cccc(C)c1. The van der Waals surface area contributed by atoms with Gasteiger partial charge >= 0.3 is 0 Å². The van der Waals surface area contributed by atoms with Gasteiger partial charge < -0.3 is 10.2 Å². The molecule has 0 saturated heterocycles. The normalized spacial score (nSPS) is 10.3. The summed E-state index contributed by atoms with van der Waals surface area (Å²) in [7, 11) is 0. The second-order valence-electron chi connectivity index (χ2n) is 4.38. The van der Waals surface area contributed by atoms with Crippen molar-refractivity contribution in [2.45, 2.75) is 20.8 Å². The summed E-state index contributed by atoms with van der Waals surface area (Å²) in [5.74, 6) is 0. The van der Waals surface area contributed by atoms with Gasteiger partial charge in [0.1, 0.15) is 0 Å². The molecule has 0 fully saturated rings. The molecule has 0 aliphatic carbocycles. The third-order valence-electron chi connectivity index (χ3n) is 2.79. The number of benzene rings is 1. The Kier molecular flexibility index (Phi) is 5.78. The minimum Gasteiger partial charge on any atom is -0.368 e. The van der Waals surface area contributed by atoms with Crippen molar-refractivity contribution in [2.24, 2.45) is 0 Å². The van der Waals surface area contributed by atoms with Crippen molar-refractivity contribution in [2.75, 3.05) is 31.1 Å². The van der Waals surface area contributed by atoms with Crippen LogP contribution in [-0.4, -0.2) is 26.2 Å². The molecule has 0 amide bonds. The monoisotopic (exact) mass is 232 g/mol. The molecule has 2 nitrogen and oxygen atoms in total. The number of nitrogens with one attached hydrogen (secondary N) is 1. The van der Waals surface area contributed by atoms with Crippen LogP contribution in [0.25, 0.3) is 0 Å². The van der Waals surface area contributed by atoms with Crippen LogP contribution in [0.5, 0.6) is 0 Å². The van der Waals surface area contributed by atoms with Crippen molar-refractivity contribution in [1.29, 1.82) is 0 Å². The molecule has 0 aromatic heterocycles. The van der Waals surface area contributed by atoms with Gasteiger partial charge in [-0.15, -0.1) is 0 Å². The van der Waals surface area contributed by atoms with E-state index in [1.54, 1.807) is 0 Å². The first-order chi connectivity index (χ1) is 8.17. The highest BCUT2D eigenvalue weighted by molar-refractivity contribution is 5.49. The quantitative estimate of drug-likeness (QED) is 0.727. The van der Waals surface area contributed by atoms with Crippen molar-refractivity contribution in [3.8, 4) is 0 Å². The molecular weight excluding hydrogens is 208 g/mol. The molecule has 0 aliphatic rings. The molecular formula is C15H24N2. The minimum absolute atomic E-state index is 0.902. The Morgan fingerprint density at radius 3 is 2.71 bits per heavy atom. The Bertz CT molecular complexity index is 358. The van der Waals surface area contributed by atoms with Crippen molar-refractivity contribution in [3.05, 3.63) is 42.0 Å². The Hall–Kier alpha value is -1.28. The number of rotatable bonds is 7. The largest absolute Gasteiger partial charge is 0.368 e. The molecule has 94 valence electrons. The third kappa shape index (κ3) is 4.61. The predicted octanol–water partition coefficient (Wildman–Crippen LogP) is 2.99. The van der Waals surface area contributed by atoms with E-state index >= 15 is 0 Å². The lowest BCUT2D eigenvalue weighted by Gasteiger charge is -2.24. The van der Waals surface area contributed by atoms with Gasteiger partial charge in [0.2, 0.25) is 0 Å². The molecule has 1 N–H and O–H groups in total. The second-order valence-corrected chi connectivity index (χ2v) is 4.38. The van der Waals surface area contributed by atoms with E-state index in [2.05, 4.69) is 61.8 Å². The summed E-state index contributed by atoms with van der Waals surface area (Å²) in [5, 5.41) is 3.31. The highest BCUT2D eigenvalue weighted by Gasteiger charge is 2.05. The van der Waals surface area contributed by atoms with E-state index in [4.69, 9.17) is 0 Å². The molecule has 0 spiro atoms. The summed E-state index contributed by atoms with van der Waals surface area (Å²) >= 11 is 0. The van der Waals surface area contributed by atoms with E-state index in [0.29, 0.717) is 0 Å². The van der Waals surface area contributed by atoms with Gasteiger partial charge in [-0.25, -0.2) is 0 Å².